The van der Waals surface area contributed by atoms with Gasteiger partial charge in [0, 0.05) is 18.3 Å². The summed E-state index contributed by atoms with van der Waals surface area (Å²) >= 11 is 0. The smallest absolute Gasteiger partial charge is 0.332 e. The second-order valence-corrected chi connectivity index (χ2v) is 9.96. The summed E-state index contributed by atoms with van der Waals surface area (Å²) in [6.45, 7) is 5.49. The average Bonchev–Trinajstić information content (AvgIpc) is 3.12. The molecule has 2 atom stereocenters. The van der Waals surface area contributed by atoms with Crippen LogP contribution in [0, 0.1) is 6.92 Å². The summed E-state index contributed by atoms with van der Waals surface area (Å²) in [5, 5.41) is 0. The number of carbonyl (C=O) groups excluding carboxylic acids is 3. The topological polar surface area (TPSA) is 95.1 Å². The Labute approximate surface area is 171 Å². The maximum Gasteiger partial charge on any atom is 0.332 e. The van der Waals surface area contributed by atoms with Crippen LogP contribution in [0.4, 0.5) is 10.5 Å². The minimum atomic E-state index is -3.15. The Morgan fingerprint density at radius 1 is 1.21 bits per heavy atom. The molecule has 4 amide bonds. The Morgan fingerprint density at radius 3 is 2.41 bits per heavy atom. The maximum absolute atomic E-state index is 12.9. The number of hydrogen-bond acceptors (Lipinski definition) is 5. The fourth-order valence-corrected chi connectivity index (χ4v) is 5.64. The van der Waals surface area contributed by atoms with Crippen molar-refractivity contribution in [1.29, 1.82) is 0 Å². The Bertz CT molecular complexity index is 913. The Kier molecular flexibility index (Phi) is 5.97. The second kappa shape index (κ2) is 8.14. The van der Waals surface area contributed by atoms with E-state index in [-0.39, 0.29) is 18.1 Å². The molecule has 0 N–H and O–H groups in total. The van der Waals surface area contributed by atoms with Crippen molar-refractivity contribution in [3.63, 3.8) is 0 Å². The van der Waals surface area contributed by atoms with Gasteiger partial charge in [0.15, 0.2) is 9.84 Å². The zero-order valence-electron chi connectivity index (χ0n) is 17.0. The van der Waals surface area contributed by atoms with Crippen molar-refractivity contribution in [2.45, 2.75) is 45.7 Å². The van der Waals surface area contributed by atoms with E-state index in [1.807, 2.05) is 26.0 Å². The van der Waals surface area contributed by atoms with Crippen molar-refractivity contribution < 1.29 is 22.8 Å². The summed E-state index contributed by atoms with van der Waals surface area (Å²) in [4.78, 5) is 42.4. The van der Waals surface area contributed by atoms with Crippen LogP contribution in [0.2, 0.25) is 0 Å². The number of nitrogens with zero attached hydrogens (tertiary/aromatic N) is 3. The SMILES string of the molecule is CCCN(C(=O)CN1C(=O)[C@H](C)N(c2ccc(C)cc2)C1=O)[C@@H]1CCS(=O)(=O)C1. The molecule has 9 heteroatoms. The van der Waals surface area contributed by atoms with E-state index < -0.39 is 39.8 Å². The monoisotopic (exact) mass is 421 g/mol. The largest absolute Gasteiger partial charge is 0.337 e. The van der Waals surface area contributed by atoms with Crippen LogP contribution in [0.5, 0.6) is 0 Å². The molecule has 2 saturated heterocycles. The van der Waals surface area contributed by atoms with Gasteiger partial charge in [-0.2, -0.15) is 0 Å². The lowest BCUT2D eigenvalue weighted by Gasteiger charge is -2.29. The van der Waals surface area contributed by atoms with E-state index in [2.05, 4.69) is 0 Å². The molecule has 0 saturated carbocycles. The molecule has 0 unspecified atom stereocenters. The van der Waals surface area contributed by atoms with E-state index in [1.54, 1.807) is 19.1 Å². The molecule has 0 radical (unpaired) electrons. The first-order valence-corrected chi connectivity index (χ1v) is 11.7. The van der Waals surface area contributed by atoms with E-state index in [0.717, 1.165) is 10.5 Å². The van der Waals surface area contributed by atoms with Gasteiger partial charge in [0.2, 0.25) is 5.91 Å². The summed E-state index contributed by atoms with van der Waals surface area (Å²) in [5.41, 5.74) is 1.64. The van der Waals surface area contributed by atoms with Gasteiger partial charge in [0.1, 0.15) is 12.6 Å². The lowest BCUT2D eigenvalue weighted by atomic mass is 10.2. The Morgan fingerprint density at radius 2 is 1.86 bits per heavy atom. The number of hydrogen-bond donors (Lipinski definition) is 0. The fourth-order valence-electron chi connectivity index (χ4n) is 3.91. The van der Waals surface area contributed by atoms with Gasteiger partial charge in [0.05, 0.1) is 11.5 Å². The van der Waals surface area contributed by atoms with Crippen LogP contribution in [-0.4, -0.2) is 72.7 Å². The molecule has 0 spiro atoms. The average molecular weight is 422 g/mol. The number of rotatable bonds is 6. The van der Waals surface area contributed by atoms with Crippen LogP contribution < -0.4 is 4.90 Å². The highest BCUT2D eigenvalue weighted by atomic mass is 32.2. The highest BCUT2D eigenvalue weighted by Crippen LogP contribution is 2.26. The Balaban J connectivity index is 1.77. The molecule has 1 aromatic rings. The van der Waals surface area contributed by atoms with Crippen molar-refractivity contribution in [3.8, 4) is 0 Å². The summed E-state index contributed by atoms with van der Waals surface area (Å²) < 4.78 is 23.6. The number of amides is 4. The molecule has 0 bridgehead atoms. The third-order valence-corrected chi connectivity index (χ3v) is 7.24. The van der Waals surface area contributed by atoms with Crippen LogP contribution >= 0.6 is 0 Å². The quantitative estimate of drug-likeness (QED) is 0.650. The van der Waals surface area contributed by atoms with E-state index in [9.17, 15) is 22.8 Å². The van der Waals surface area contributed by atoms with Crippen LogP contribution in [0.1, 0.15) is 32.3 Å². The van der Waals surface area contributed by atoms with Gasteiger partial charge in [-0.3, -0.25) is 19.4 Å². The maximum atomic E-state index is 12.9. The minimum Gasteiger partial charge on any atom is -0.337 e. The molecule has 29 heavy (non-hydrogen) atoms. The highest BCUT2D eigenvalue weighted by Gasteiger charge is 2.45. The molecule has 2 aliphatic heterocycles. The van der Waals surface area contributed by atoms with Crippen molar-refractivity contribution in [3.05, 3.63) is 29.8 Å². The van der Waals surface area contributed by atoms with Crippen molar-refractivity contribution in [2.24, 2.45) is 0 Å². The van der Waals surface area contributed by atoms with Crippen molar-refractivity contribution in [1.82, 2.24) is 9.80 Å². The third-order valence-electron chi connectivity index (χ3n) is 5.49. The van der Waals surface area contributed by atoms with Gasteiger partial charge >= 0.3 is 6.03 Å². The zero-order valence-corrected chi connectivity index (χ0v) is 17.8. The van der Waals surface area contributed by atoms with E-state index >= 15 is 0 Å². The van der Waals surface area contributed by atoms with E-state index in [4.69, 9.17) is 0 Å². The van der Waals surface area contributed by atoms with Crippen LogP contribution in [0.3, 0.4) is 0 Å². The van der Waals surface area contributed by atoms with Gasteiger partial charge < -0.3 is 4.90 Å². The summed E-state index contributed by atoms with van der Waals surface area (Å²) in [6, 6.07) is 5.63. The summed E-state index contributed by atoms with van der Waals surface area (Å²) in [6.07, 6.45) is 1.05. The number of urea groups is 1. The van der Waals surface area contributed by atoms with Crippen LogP contribution in [-0.2, 0) is 19.4 Å². The van der Waals surface area contributed by atoms with Gasteiger partial charge in [0.25, 0.3) is 5.91 Å². The standard InChI is InChI=1S/C20H27N3O5S/c1-4-10-21(17-9-11-29(27,28)13-17)18(24)12-22-19(25)15(3)23(20(22)26)16-7-5-14(2)6-8-16/h5-8,15,17H,4,9-13H2,1-3H3/t15-,17+/m0/s1. The molecule has 0 aromatic heterocycles. The molecule has 2 fully saturated rings. The van der Waals surface area contributed by atoms with Crippen LogP contribution in [0.25, 0.3) is 0 Å². The van der Waals surface area contributed by atoms with E-state index in [1.165, 1.54) is 9.80 Å². The molecule has 8 nitrogen and oxygen atoms in total. The second-order valence-electron chi connectivity index (χ2n) is 7.73. The van der Waals surface area contributed by atoms with Gasteiger partial charge in [-0.25, -0.2) is 13.2 Å². The number of imide groups is 1. The fraction of sp³-hybridized carbons (Fsp3) is 0.550. The predicted molar refractivity (Wildman–Crippen MR) is 109 cm³/mol. The number of carbonyl (C=O) groups is 3. The normalized spacial score (nSPS) is 23.7. The lowest BCUT2D eigenvalue weighted by molar-refractivity contribution is -0.138. The molecule has 158 valence electrons. The molecule has 2 heterocycles. The highest BCUT2D eigenvalue weighted by molar-refractivity contribution is 7.91. The first kappa shape index (κ1) is 21.3. The molecule has 1 aromatic carbocycles. The van der Waals surface area contributed by atoms with E-state index in [0.29, 0.717) is 25.1 Å². The third kappa shape index (κ3) is 4.29. The van der Waals surface area contributed by atoms with Crippen molar-refractivity contribution in [2.75, 3.05) is 29.5 Å². The molecule has 2 aliphatic rings. The minimum absolute atomic E-state index is 0.0605. The predicted octanol–water partition coefficient (Wildman–Crippen LogP) is 1.58. The first-order valence-electron chi connectivity index (χ1n) is 9.85. The number of anilines is 1. The van der Waals surface area contributed by atoms with Gasteiger partial charge in [-0.05, 0) is 38.8 Å². The Hall–Kier alpha value is -2.42. The first-order chi connectivity index (χ1) is 13.6. The molecular formula is C20H27N3O5S. The lowest BCUT2D eigenvalue weighted by Crippen LogP contribution is -2.48. The molecular weight excluding hydrogens is 394 g/mol. The number of benzene rings is 1. The zero-order chi connectivity index (χ0) is 21.3. The van der Waals surface area contributed by atoms with Gasteiger partial charge in [-0.1, -0.05) is 24.6 Å². The number of aryl methyl sites for hydroxylation is 1. The van der Waals surface area contributed by atoms with Gasteiger partial charge in [-0.15, -0.1) is 0 Å². The van der Waals surface area contributed by atoms with Crippen molar-refractivity contribution >= 4 is 33.4 Å². The van der Waals surface area contributed by atoms with Crippen LogP contribution in [0.15, 0.2) is 24.3 Å². The summed E-state index contributed by atoms with van der Waals surface area (Å²) in [7, 11) is -3.15. The number of sulfone groups is 1. The summed E-state index contributed by atoms with van der Waals surface area (Å²) in [5.74, 6) is -0.828. The molecule has 0 aliphatic carbocycles. The molecule has 3 rings (SSSR count).